The lowest BCUT2D eigenvalue weighted by atomic mass is 9.90. The molecule has 2 rings (SSSR count). The van der Waals surface area contributed by atoms with Crippen LogP contribution in [0.1, 0.15) is 36.8 Å². The predicted molar refractivity (Wildman–Crippen MR) is 73.7 cm³/mol. The number of hydrogen-bond acceptors (Lipinski definition) is 3. The number of nitrogens with one attached hydrogen (secondary N) is 1. The van der Waals surface area contributed by atoms with Crippen LogP contribution in [0.25, 0.3) is 0 Å². The van der Waals surface area contributed by atoms with Crippen molar-refractivity contribution in [1.82, 2.24) is 5.32 Å². The van der Waals surface area contributed by atoms with E-state index in [4.69, 9.17) is 9.47 Å². The zero-order valence-electron chi connectivity index (χ0n) is 11.6. The van der Waals surface area contributed by atoms with Crippen molar-refractivity contribution in [3.63, 3.8) is 0 Å². The van der Waals surface area contributed by atoms with Crippen LogP contribution in [0.3, 0.4) is 0 Å². The summed E-state index contributed by atoms with van der Waals surface area (Å²) in [4.78, 5) is 0. The Morgan fingerprint density at radius 3 is 2.78 bits per heavy atom. The summed E-state index contributed by atoms with van der Waals surface area (Å²) in [6, 6.07) is 4.25. The van der Waals surface area contributed by atoms with Crippen LogP contribution in [0.5, 0.6) is 11.5 Å². The van der Waals surface area contributed by atoms with Crippen molar-refractivity contribution in [2.75, 3.05) is 26.8 Å². The zero-order valence-corrected chi connectivity index (χ0v) is 11.6. The normalized spacial score (nSPS) is 19.6. The Kier molecular flexibility index (Phi) is 4.48. The van der Waals surface area contributed by atoms with Crippen LogP contribution in [0.4, 0.5) is 0 Å². The summed E-state index contributed by atoms with van der Waals surface area (Å²) >= 11 is 0. The summed E-state index contributed by atoms with van der Waals surface area (Å²) in [6.07, 6.45) is 2.45. The maximum atomic E-state index is 5.69. The standard InChI is InChI=1S/C15H23NO2/c1-4-18-14-9-13(12-6-5-7-16-10-12)15(17-3)8-11(14)2/h8-9,12,16H,4-7,10H2,1-3H3. The van der Waals surface area contributed by atoms with Crippen LogP contribution in [0.15, 0.2) is 12.1 Å². The maximum absolute atomic E-state index is 5.69. The van der Waals surface area contributed by atoms with Crippen LogP contribution in [0, 0.1) is 6.92 Å². The maximum Gasteiger partial charge on any atom is 0.122 e. The van der Waals surface area contributed by atoms with Crippen LogP contribution in [-0.2, 0) is 0 Å². The van der Waals surface area contributed by atoms with Gasteiger partial charge in [0.05, 0.1) is 13.7 Å². The lowest BCUT2D eigenvalue weighted by Crippen LogP contribution is -2.28. The van der Waals surface area contributed by atoms with Crippen molar-refractivity contribution in [2.24, 2.45) is 0 Å². The number of ether oxygens (including phenoxy) is 2. The van der Waals surface area contributed by atoms with Gasteiger partial charge in [0.25, 0.3) is 0 Å². The minimum absolute atomic E-state index is 0.536. The van der Waals surface area contributed by atoms with E-state index in [-0.39, 0.29) is 0 Å². The molecule has 1 heterocycles. The molecule has 3 heteroatoms. The quantitative estimate of drug-likeness (QED) is 0.890. The fourth-order valence-corrected chi connectivity index (χ4v) is 2.60. The van der Waals surface area contributed by atoms with Gasteiger partial charge >= 0.3 is 0 Å². The Hall–Kier alpha value is -1.22. The van der Waals surface area contributed by atoms with E-state index >= 15 is 0 Å². The largest absolute Gasteiger partial charge is 0.496 e. The van der Waals surface area contributed by atoms with Gasteiger partial charge in [-0.3, -0.25) is 0 Å². The summed E-state index contributed by atoms with van der Waals surface area (Å²) in [5.41, 5.74) is 2.42. The molecule has 0 aromatic heterocycles. The van der Waals surface area contributed by atoms with Crippen LogP contribution in [0.2, 0.25) is 0 Å². The molecular formula is C15H23NO2. The van der Waals surface area contributed by atoms with Gasteiger partial charge < -0.3 is 14.8 Å². The van der Waals surface area contributed by atoms with Gasteiger partial charge in [-0.2, -0.15) is 0 Å². The molecule has 0 radical (unpaired) electrons. The molecule has 0 aliphatic carbocycles. The molecule has 1 aliphatic rings. The third kappa shape index (κ3) is 2.78. The molecule has 1 atom stereocenters. The number of rotatable bonds is 4. The molecule has 100 valence electrons. The minimum atomic E-state index is 0.536. The minimum Gasteiger partial charge on any atom is -0.496 e. The predicted octanol–water partition coefficient (Wildman–Crippen LogP) is 2.87. The Balaban J connectivity index is 2.33. The van der Waals surface area contributed by atoms with Crippen molar-refractivity contribution in [1.29, 1.82) is 0 Å². The smallest absolute Gasteiger partial charge is 0.122 e. The van der Waals surface area contributed by atoms with E-state index in [2.05, 4.69) is 24.4 Å². The van der Waals surface area contributed by atoms with E-state index in [9.17, 15) is 0 Å². The van der Waals surface area contributed by atoms with Gasteiger partial charge in [0, 0.05) is 18.0 Å². The molecule has 1 aromatic rings. The van der Waals surface area contributed by atoms with Crippen molar-refractivity contribution >= 4 is 0 Å². The third-order valence-electron chi connectivity index (χ3n) is 3.56. The first-order valence-corrected chi connectivity index (χ1v) is 6.78. The molecule has 1 unspecified atom stereocenters. The fraction of sp³-hybridized carbons (Fsp3) is 0.600. The van der Waals surface area contributed by atoms with Crippen molar-refractivity contribution in [3.8, 4) is 11.5 Å². The lowest BCUT2D eigenvalue weighted by molar-refractivity contribution is 0.334. The highest BCUT2D eigenvalue weighted by molar-refractivity contribution is 5.47. The second-order valence-corrected chi connectivity index (χ2v) is 4.84. The molecule has 1 N–H and O–H groups in total. The number of benzene rings is 1. The molecule has 1 saturated heterocycles. The first kappa shape index (κ1) is 13.2. The van der Waals surface area contributed by atoms with Crippen molar-refractivity contribution in [2.45, 2.75) is 32.6 Å². The summed E-state index contributed by atoms with van der Waals surface area (Å²) < 4.78 is 11.2. The van der Waals surface area contributed by atoms with Crippen LogP contribution in [-0.4, -0.2) is 26.8 Å². The monoisotopic (exact) mass is 249 g/mol. The topological polar surface area (TPSA) is 30.5 Å². The molecule has 1 fully saturated rings. The molecule has 1 aliphatic heterocycles. The molecule has 0 saturated carbocycles. The highest BCUT2D eigenvalue weighted by Crippen LogP contribution is 2.36. The molecule has 3 nitrogen and oxygen atoms in total. The van der Waals surface area contributed by atoms with Crippen LogP contribution < -0.4 is 14.8 Å². The summed E-state index contributed by atoms with van der Waals surface area (Å²) in [5.74, 6) is 2.51. The van der Waals surface area contributed by atoms with Gasteiger partial charge in [-0.1, -0.05) is 0 Å². The van der Waals surface area contributed by atoms with E-state index in [1.165, 1.54) is 18.4 Å². The number of piperidine rings is 1. The lowest BCUT2D eigenvalue weighted by Gasteiger charge is -2.25. The van der Waals surface area contributed by atoms with Gasteiger partial charge in [-0.25, -0.2) is 0 Å². The Morgan fingerprint density at radius 2 is 2.17 bits per heavy atom. The van der Waals surface area contributed by atoms with E-state index in [1.54, 1.807) is 7.11 Å². The highest BCUT2D eigenvalue weighted by Gasteiger charge is 2.20. The SMILES string of the molecule is CCOc1cc(C2CCCNC2)c(OC)cc1C. The number of methoxy groups -OCH3 is 1. The Bertz CT molecular complexity index is 398. The highest BCUT2D eigenvalue weighted by atomic mass is 16.5. The van der Waals surface area contributed by atoms with E-state index in [0.29, 0.717) is 12.5 Å². The van der Waals surface area contributed by atoms with E-state index in [0.717, 1.165) is 30.2 Å². The summed E-state index contributed by atoms with van der Waals surface area (Å²) in [6.45, 7) is 6.95. The van der Waals surface area contributed by atoms with E-state index < -0.39 is 0 Å². The van der Waals surface area contributed by atoms with E-state index in [1.807, 2.05) is 6.92 Å². The second kappa shape index (κ2) is 6.10. The number of hydrogen-bond donors (Lipinski definition) is 1. The molecule has 0 amide bonds. The first-order valence-electron chi connectivity index (χ1n) is 6.78. The Morgan fingerprint density at radius 1 is 1.33 bits per heavy atom. The van der Waals surface area contributed by atoms with Gasteiger partial charge in [0.2, 0.25) is 0 Å². The average molecular weight is 249 g/mol. The molecule has 1 aromatic carbocycles. The average Bonchev–Trinajstić information content (AvgIpc) is 2.42. The van der Waals surface area contributed by atoms with Gasteiger partial charge in [0.15, 0.2) is 0 Å². The Labute approximate surface area is 109 Å². The summed E-state index contributed by atoms with van der Waals surface area (Å²) in [5, 5.41) is 3.45. The van der Waals surface area contributed by atoms with Gasteiger partial charge in [-0.15, -0.1) is 0 Å². The van der Waals surface area contributed by atoms with Crippen molar-refractivity contribution in [3.05, 3.63) is 23.3 Å². The zero-order chi connectivity index (χ0) is 13.0. The first-order chi connectivity index (χ1) is 8.76. The molecular weight excluding hydrogens is 226 g/mol. The second-order valence-electron chi connectivity index (χ2n) is 4.84. The molecule has 0 spiro atoms. The van der Waals surface area contributed by atoms with Crippen LogP contribution >= 0.6 is 0 Å². The van der Waals surface area contributed by atoms with Gasteiger partial charge in [0.1, 0.15) is 11.5 Å². The number of aryl methyl sites for hydroxylation is 1. The summed E-state index contributed by atoms with van der Waals surface area (Å²) in [7, 11) is 1.74. The van der Waals surface area contributed by atoms with Gasteiger partial charge in [-0.05, 0) is 50.9 Å². The fourth-order valence-electron chi connectivity index (χ4n) is 2.60. The molecule has 18 heavy (non-hydrogen) atoms. The third-order valence-corrected chi connectivity index (χ3v) is 3.56. The molecule has 0 bridgehead atoms. The van der Waals surface area contributed by atoms with Crippen molar-refractivity contribution < 1.29 is 9.47 Å².